The number of rotatable bonds is 6. The normalized spacial score (nSPS) is 14.5. The fourth-order valence-corrected chi connectivity index (χ4v) is 2.89. The highest BCUT2D eigenvalue weighted by molar-refractivity contribution is 6.21. The van der Waals surface area contributed by atoms with Crippen LogP contribution in [0.15, 0.2) is 48.5 Å². The van der Waals surface area contributed by atoms with Crippen LogP contribution in [0, 0.1) is 0 Å². The number of benzene rings is 2. The van der Waals surface area contributed by atoms with E-state index in [1.807, 2.05) is 18.2 Å². The third-order valence-corrected chi connectivity index (χ3v) is 4.24. The number of hydrogen-bond donors (Lipinski definition) is 1. The van der Waals surface area contributed by atoms with Crippen LogP contribution < -0.4 is 10.1 Å². The summed E-state index contributed by atoms with van der Waals surface area (Å²) >= 11 is 6.39. The van der Waals surface area contributed by atoms with Gasteiger partial charge >= 0.3 is 0 Å². The second-order valence-electron chi connectivity index (χ2n) is 5.37. The molecule has 2 aromatic carbocycles. The maximum absolute atomic E-state index is 6.39. The van der Waals surface area contributed by atoms with Gasteiger partial charge in [-0.25, -0.2) is 0 Å². The summed E-state index contributed by atoms with van der Waals surface area (Å²) in [5.41, 5.74) is 3.87. The quantitative estimate of drug-likeness (QED) is 0.648. The molecule has 3 heteroatoms. The molecule has 2 aromatic rings. The largest absolute Gasteiger partial charge is 0.493 e. The van der Waals surface area contributed by atoms with Gasteiger partial charge < -0.3 is 10.1 Å². The van der Waals surface area contributed by atoms with Crippen LogP contribution in [0.5, 0.6) is 5.75 Å². The lowest BCUT2D eigenvalue weighted by molar-refractivity contribution is 0.357. The van der Waals surface area contributed by atoms with Gasteiger partial charge in [0.25, 0.3) is 0 Å². The maximum Gasteiger partial charge on any atom is 0.122 e. The monoisotopic (exact) mass is 301 g/mol. The summed E-state index contributed by atoms with van der Waals surface area (Å²) in [5.74, 6) is 1.05. The predicted octanol–water partition coefficient (Wildman–Crippen LogP) is 3.73. The van der Waals surface area contributed by atoms with E-state index in [2.05, 4.69) is 35.6 Å². The van der Waals surface area contributed by atoms with Crippen LogP contribution in [0.2, 0.25) is 0 Å². The third kappa shape index (κ3) is 3.78. The van der Waals surface area contributed by atoms with Crippen LogP contribution in [-0.2, 0) is 12.8 Å². The summed E-state index contributed by atoms with van der Waals surface area (Å²) < 4.78 is 5.53. The lowest BCUT2D eigenvalue weighted by Gasteiger charge is -2.11. The minimum atomic E-state index is 0.0274. The van der Waals surface area contributed by atoms with E-state index in [0.717, 1.165) is 38.3 Å². The van der Waals surface area contributed by atoms with Crippen molar-refractivity contribution in [3.8, 4) is 5.75 Å². The van der Waals surface area contributed by atoms with E-state index in [1.54, 1.807) is 0 Å². The fourth-order valence-electron chi connectivity index (χ4n) is 2.64. The first kappa shape index (κ1) is 14.4. The van der Waals surface area contributed by atoms with Gasteiger partial charge in [-0.05, 0) is 35.7 Å². The second kappa shape index (κ2) is 6.97. The van der Waals surface area contributed by atoms with Crippen LogP contribution in [0.4, 0.5) is 0 Å². The molecule has 1 heterocycles. The Morgan fingerprint density at radius 2 is 2.00 bits per heavy atom. The Morgan fingerprint density at radius 3 is 2.86 bits per heavy atom. The molecule has 1 unspecified atom stereocenters. The van der Waals surface area contributed by atoms with Crippen molar-refractivity contribution in [2.75, 3.05) is 19.7 Å². The topological polar surface area (TPSA) is 21.3 Å². The molecule has 0 aliphatic carbocycles. The molecule has 1 aliphatic rings. The number of fused-ring (bicyclic) bond motifs is 1. The molecule has 0 radical (unpaired) electrons. The first-order chi connectivity index (χ1) is 10.3. The molecular formula is C18H20ClNO. The summed E-state index contributed by atoms with van der Waals surface area (Å²) in [7, 11) is 0. The highest BCUT2D eigenvalue weighted by Crippen LogP contribution is 2.26. The van der Waals surface area contributed by atoms with Crippen LogP contribution in [0.25, 0.3) is 0 Å². The molecule has 0 bridgehead atoms. The molecule has 1 atom stereocenters. The SMILES string of the molecule is ClC(CNCCc1ccc2c(c1)CCO2)c1ccccc1. The minimum Gasteiger partial charge on any atom is -0.493 e. The predicted molar refractivity (Wildman–Crippen MR) is 87.3 cm³/mol. The summed E-state index contributed by atoms with van der Waals surface area (Å²) in [6.45, 7) is 2.55. The zero-order valence-corrected chi connectivity index (χ0v) is 12.8. The zero-order chi connectivity index (χ0) is 14.5. The van der Waals surface area contributed by atoms with Gasteiger partial charge in [0.15, 0.2) is 0 Å². The highest BCUT2D eigenvalue weighted by Gasteiger charge is 2.12. The fraction of sp³-hybridized carbons (Fsp3) is 0.333. The van der Waals surface area contributed by atoms with Gasteiger partial charge in [-0.1, -0.05) is 42.5 Å². The van der Waals surface area contributed by atoms with Crippen molar-refractivity contribution in [1.29, 1.82) is 0 Å². The Kier molecular flexibility index (Phi) is 4.79. The van der Waals surface area contributed by atoms with E-state index < -0.39 is 0 Å². The Morgan fingerprint density at radius 1 is 1.14 bits per heavy atom. The average molecular weight is 302 g/mol. The van der Waals surface area contributed by atoms with Gasteiger partial charge in [-0.3, -0.25) is 0 Å². The third-order valence-electron chi connectivity index (χ3n) is 3.83. The molecule has 2 nitrogen and oxygen atoms in total. The standard InChI is InChI=1S/C18H20ClNO/c19-17(15-4-2-1-3-5-15)13-20-10-8-14-6-7-18-16(12-14)9-11-21-18/h1-7,12,17,20H,8-11,13H2. The maximum atomic E-state index is 6.39. The van der Waals surface area contributed by atoms with Gasteiger partial charge in [-0.15, -0.1) is 11.6 Å². The molecule has 0 amide bonds. The van der Waals surface area contributed by atoms with E-state index in [4.69, 9.17) is 16.3 Å². The lowest BCUT2D eigenvalue weighted by atomic mass is 10.1. The summed E-state index contributed by atoms with van der Waals surface area (Å²) in [6.07, 6.45) is 2.06. The van der Waals surface area contributed by atoms with Gasteiger partial charge in [-0.2, -0.15) is 0 Å². The van der Waals surface area contributed by atoms with Gasteiger partial charge in [0.1, 0.15) is 5.75 Å². The smallest absolute Gasteiger partial charge is 0.122 e. The van der Waals surface area contributed by atoms with Crippen LogP contribution in [0.3, 0.4) is 0 Å². The second-order valence-corrected chi connectivity index (χ2v) is 5.90. The van der Waals surface area contributed by atoms with E-state index in [1.165, 1.54) is 16.7 Å². The average Bonchev–Trinajstić information content (AvgIpc) is 3.00. The van der Waals surface area contributed by atoms with Crippen molar-refractivity contribution in [2.45, 2.75) is 18.2 Å². The van der Waals surface area contributed by atoms with Crippen molar-refractivity contribution < 1.29 is 4.74 Å². The molecular weight excluding hydrogens is 282 g/mol. The number of halogens is 1. The van der Waals surface area contributed by atoms with Crippen LogP contribution in [0.1, 0.15) is 22.1 Å². The van der Waals surface area contributed by atoms with Crippen molar-refractivity contribution in [1.82, 2.24) is 5.32 Å². The molecule has 0 saturated carbocycles. The van der Waals surface area contributed by atoms with Crippen molar-refractivity contribution in [2.24, 2.45) is 0 Å². The number of nitrogens with one attached hydrogen (secondary N) is 1. The minimum absolute atomic E-state index is 0.0274. The molecule has 0 spiro atoms. The van der Waals surface area contributed by atoms with E-state index in [9.17, 15) is 0 Å². The molecule has 21 heavy (non-hydrogen) atoms. The van der Waals surface area contributed by atoms with Crippen molar-refractivity contribution in [3.63, 3.8) is 0 Å². The summed E-state index contributed by atoms with van der Waals surface area (Å²) in [6, 6.07) is 16.7. The van der Waals surface area contributed by atoms with E-state index >= 15 is 0 Å². The summed E-state index contributed by atoms with van der Waals surface area (Å²) in [4.78, 5) is 0. The van der Waals surface area contributed by atoms with E-state index in [-0.39, 0.29) is 5.38 Å². The highest BCUT2D eigenvalue weighted by atomic mass is 35.5. The Labute approximate surface area is 131 Å². The van der Waals surface area contributed by atoms with E-state index in [0.29, 0.717) is 0 Å². The molecule has 0 saturated heterocycles. The molecule has 3 rings (SSSR count). The number of hydrogen-bond acceptors (Lipinski definition) is 2. The zero-order valence-electron chi connectivity index (χ0n) is 12.0. The Hall–Kier alpha value is -1.51. The Balaban J connectivity index is 1.44. The molecule has 1 aliphatic heterocycles. The first-order valence-electron chi connectivity index (χ1n) is 7.47. The number of alkyl halides is 1. The van der Waals surface area contributed by atoms with Crippen molar-refractivity contribution in [3.05, 3.63) is 65.2 Å². The number of ether oxygens (including phenoxy) is 1. The first-order valence-corrected chi connectivity index (χ1v) is 7.91. The lowest BCUT2D eigenvalue weighted by Crippen LogP contribution is -2.21. The molecule has 0 fully saturated rings. The Bertz CT molecular complexity index is 585. The molecule has 0 aromatic heterocycles. The van der Waals surface area contributed by atoms with Gasteiger partial charge in [0.05, 0.1) is 12.0 Å². The molecule has 1 N–H and O–H groups in total. The van der Waals surface area contributed by atoms with Crippen LogP contribution in [-0.4, -0.2) is 19.7 Å². The van der Waals surface area contributed by atoms with Gasteiger partial charge in [0, 0.05) is 13.0 Å². The van der Waals surface area contributed by atoms with Crippen LogP contribution >= 0.6 is 11.6 Å². The van der Waals surface area contributed by atoms with Gasteiger partial charge in [0.2, 0.25) is 0 Å². The van der Waals surface area contributed by atoms with Crippen molar-refractivity contribution >= 4 is 11.6 Å². The molecule has 110 valence electrons. The summed E-state index contributed by atoms with van der Waals surface area (Å²) in [5, 5.41) is 3.46.